The monoisotopic (exact) mass is 229 g/mol. The number of hydrogen-bond donors (Lipinski definition) is 0. The summed E-state index contributed by atoms with van der Waals surface area (Å²) in [6.07, 6.45) is 2.28. The maximum absolute atomic E-state index is 11.5. The van der Waals surface area contributed by atoms with Crippen molar-refractivity contribution in [3.05, 3.63) is 17.5 Å². The second-order valence-corrected chi connectivity index (χ2v) is 6.07. The predicted octanol–water partition coefficient (Wildman–Crippen LogP) is 0.607. The van der Waals surface area contributed by atoms with Crippen molar-refractivity contribution in [1.29, 1.82) is 0 Å². The molecule has 2 heterocycles. The van der Waals surface area contributed by atoms with Crippen molar-refractivity contribution >= 4 is 16.1 Å². The van der Waals surface area contributed by atoms with E-state index in [2.05, 4.69) is 5.16 Å². The summed E-state index contributed by atoms with van der Waals surface area (Å²) in [6.45, 7) is 0. The van der Waals surface area contributed by atoms with Crippen molar-refractivity contribution in [3.63, 3.8) is 0 Å². The van der Waals surface area contributed by atoms with Crippen molar-refractivity contribution in [3.8, 4) is 0 Å². The third-order valence-corrected chi connectivity index (χ3v) is 4.87. The summed E-state index contributed by atoms with van der Waals surface area (Å²) in [5, 5.41) is 3.12. The molecule has 1 aliphatic heterocycles. The zero-order valence-corrected chi connectivity index (χ0v) is 8.87. The van der Waals surface area contributed by atoms with E-state index in [1.165, 1.54) is 6.07 Å². The first-order valence-corrected chi connectivity index (χ1v) is 6.46. The molecule has 0 bridgehead atoms. The van der Waals surface area contributed by atoms with Gasteiger partial charge in [-0.1, -0.05) is 5.16 Å². The van der Waals surface area contributed by atoms with Crippen LogP contribution in [0.25, 0.3) is 0 Å². The number of aromatic nitrogens is 1. The topological polar surface area (TPSA) is 77.2 Å². The lowest BCUT2D eigenvalue weighted by Crippen LogP contribution is -2.18. The lowest BCUT2D eigenvalue weighted by Gasteiger charge is -2.04. The zero-order chi connectivity index (χ0) is 10.9. The molecule has 1 unspecified atom stereocenters. The number of hydrogen-bond acceptors (Lipinski definition) is 5. The second-order valence-electron chi connectivity index (χ2n) is 3.67. The van der Waals surface area contributed by atoms with E-state index >= 15 is 0 Å². The summed E-state index contributed by atoms with van der Waals surface area (Å²) in [6, 6.07) is 1.49. The maximum Gasteiger partial charge on any atom is 0.171 e. The quantitative estimate of drug-likeness (QED) is 0.709. The minimum Gasteiger partial charge on any atom is -0.361 e. The van der Waals surface area contributed by atoms with E-state index in [0.717, 1.165) is 0 Å². The first-order chi connectivity index (χ1) is 7.12. The summed E-state index contributed by atoms with van der Waals surface area (Å²) in [7, 11) is -2.96. The fourth-order valence-electron chi connectivity index (χ4n) is 1.79. The molecular formula is C9H11NO4S. The Morgan fingerprint density at radius 3 is 2.93 bits per heavy atom. The van der Waals surface area contributed by atoms with Gasteiger partial charge >= 0.3 is 0 Å². The van der Waals surface area contributed by atoms with Crippen LogP contribution in [-0.2, 0) is 16.3 Å². The van der Waals surface area contributed by atoms with Crippen molar-refractivity contribution < 1.29 is 17.7 Å². The lowest BCUT2D eigenvalue weighted by molar-refractivity contribution is 0.111. The van der Waals surface area contributed by atoms with Gasteiger partial charge in [0.15, 0.2) is 16.1 Å². The van der Waals surface area contributed by atoms with Crippen LogP contribution in [0.5, 0.6) is 0 Å². The third-order valence-electron chi connectivity index (χ3n) is 2.59. The predicted molar refractivity (Wildman–Crippen MR) is 52.4 cm³/mol. The Bertz CT molecular complexity index is 462. The summed E-state index contributed by atoms with van der Waals surface area (Å²) >= 11 is 0. The maximum atomic E-state index is 11.5. The van der Waals surface area contributed by atoms with Gasteiger partial charge in [0.25, 0.3) is 0 Å². The van der Waals surface area contributed by atoms with Crippen LogP contribution in [-0.4, -0.2) is 30.9 Å². The summed E-state index contributed by atoms with van der Waals surface area (Å²) < 4.78 is 27.9. The molecule has 6 heteroatoms. The molecule has 5 nitrogen and oxygen atoms in total. The average molecular weight is 229 g/mol. The largest absolute Gasteiger partial charge is 0.361 e. The van der Waals surface area contributed by atoms with E-state index in [4.69, 9.17) is 4.52 Å². The van der Waals surface area contributed by atoms with Gasteiger partial charge in [-0.25, -0.2) is 8.42 Å². The Kier molecular flexibility index (Phi) is 2.60. The van der Waals surface area contributed by atoms with Crippen LogP contribution in [0.1, 0.15) is 29.1 Å². The van der Waals surface area contributed by atoms with Crippen LogP contribution in [0.3, 0.4) is 0 Å². The minimum atomic E-state index is -2.96. The number of sulfone groups is 1. The van der Waals surface area contributed by atoms with Gasteiger partial charge in [0.2, 0.25) is 0 Å². The molecular weight excluding hydrogens is 218 g/mol. The van der Waals surface area contributed by atoms with Crippen LogP contribution in [0, 0.1) is 0 Å². The molecule has 0 saturated carbocycles. The SMILES string of the molecule is O=Cc1cc(CC2CCCS2(=O)=O)on1. The molecule has 0 radical (unpaired) electrons. The molecule has 0 amide bonds. The Balaban J connectivity index is 2.12. The molecule has 82 valence electrons. The Hall–Kier alpha value is -1.17. The van der Waals surface area contributed by atoms with Crippen LogP contribution in [0.2, 0.25) is 0 Å². The summed E-state index contributed by atoms with van der Waals surface area (Å²) in [5.41, 5.74) is 0.209. The molecule has 1 atom stereocenters. The van der Waals surface area contributed by atoms with Crippen LogP contribution >= 0.6 is 0 Å². The highest BCUT2D eigenvalue weighted by atomic mass is 32.2. The standard InChI is InChI=1S/C9H11NO4S/c11-6-7-4-8(14-10-7)5-9-2-1-3-15(9,12)13/h4,6,9H,1-3,5H2. The van der Waals surface area contributed by atoms with Gasteiger partial charge < -0.3 is 4.52 Å². The average Bonchev–Trinajstić information content (AvgIpc) is 2.75. The number of carbonyl (C=O) groups excluding carboxylic acids is 1. The molecule has 1 aromatic heterocycles. The number of carbonyl (C=O) groups is 1. The van der Waals surface area contributed by atoms with Crippen molar-refractivity contribution in [2.75, 3.05) is 5.75 Å². The highest BCUT2D eigenvalue weighted by molar-refractivity contribution is 7.92. The summed E-state index contributed by atoms with van der Waals surface area (Å²) in [4.78, 5) is 10.3. The van der Waals surface area contributed by atoms with E-state index in [9.17, 15) is 13.2 Å². The van der Waals surface area contributed by atoms with Gasteiger partial charge in [-0.05, 0) is 12.8 Å². The fraction of sp³-hybridized carbons (Fsp3) is 0.556. The molecule has 2 rings (SSSR count). The molecule has 0 N–H and O–H groups in total. The van der Waals surface area contributed by atoms with Crippen LogP contribution in [0.4, 0.5) is 0 Å². The van der Waals surface area contributed by atoms with Crippen LogP contribution < -0.4 is 0 Å². The highest BCUT2D eigenvalue weighted by Gasteiger charge is 2.32. The normalized spacial score (nSPS) is 24.1. The number of aldehydes is 1. The van der Waals surface area contributed by atoms with Crippen molar-refractivity contribution in [2.24, 2.45) is 0 Å². The van der Waals surface area contributed by atoms with Crippen molar-refractivity contribution in [2.45, 2.75) is 24.5 Å². The molecule has 15 heavy (non-hydrogen) atoms. The van der Waals surface area contributed by atoms with E-state index in [-0.39, 0.29) is 16.7 Å². The molecule has 0 aliphatic carbocycles. The minimum absolute atomic E-state index is 0.209. The molecule has 0 aromatic carbocycles. The molecule has 1 fully saturated rings. The molecule has 1 aliphatic rings. The Morgan fingerprint density at radius 2 is 2.40 bits per heavy atom. The zero-order valence-electron chi connectivity index (χ0n) is 8.05. The lowest BCUT2D eigenvalue weighted by atomic mass is 10.1. The molecule has 0 spiro atoms. The van der Waals surface area contributed by atoms with E-state index < -0.39 is 9.84 Å². The van der Waals surface area contributed by atoms with Gasteiger partial charge in [0.05, 0.1) is 11.0 Å². The van der Waals surface area contributed by atoms with Gasteiger partial charge in [-0.3, -0.25) is 4.79 Å². The Morgan fingerprint density at radius 1 is 1.60 bits per heavy atom. The van der Waals surface area contributed by atoms with Gasteiger partial charge in [0.1, 0.15) is 11.5 Å². The van der Waals surface area contributed by atoms with E-state index in [1.54, 1.807) is 0 Å². The van der Waals surface area contributed by atoms with Crippen LogP contribution in [0.15, 0.2) is 10.6 Å². The Labute approximate surface area is 87.4 Å². The van der Waals surface area contributed by atoms with Gasteiger partial charge in [-0.2, -0.15) is 0 Å². The highest BCUT2D eigenvalue weighted by Crippen LogP contribution is 2.23. The summed E-state index contributed by atoms with van der Waals surface area (Å²) in [5.74, 6) is 0.722. The fourth-order valence-corrected chi connectivity index (χ4v) is 3.64. The van der Waals surface area contributed by atoms with Gasteiger partial charge in [-0.15, -0.1) is 0 Å². The molecule has 1 saturated heterocycles. The van der Waals surface area contributed by atoms with E-state index in [0.29, 0.717) is 31.3 Å². The van der Waals surface area contributed by atoms with Crippen molar-refractivity contribution in [1.82, 2.24) is 5.16 Å². The number of nitrogens with zero attached hydrogens (tertiary/aromatic N) is 1. The number of rotatable bonds is 3. The second kappa shape index (κ2) is 3.77. The van der Waals surface area contributed by atoms with Gasteiger partial charge in [0, 0.05) is 12.5 Å². The third kappa shape index (κ3) is 2.09. The van der Waals surface area contributed by atoms with E-state index in [1.807, 2.05) is 0 Å². The first-order valence-electron chi connectivity index (χ1n) is 4.74. The smallest absolute Gasteiger partial charge is 0.171 e. The molecule has 1 aromatic rings. The first kappa shape index (κ1) is 10.4.